The van der Waals surface area contributed by atoms with Gasteiger partial charge in [-0.1, -0.05) is 13.8 Å². The predicted octanol–water partition coefficient (Wildman–Crippen LogP) is 2.62. The molecule has 0 aliphatic rings. The van der Waals surface area contributed by atoms with Crippen molar-refractivity contribution in [2.24, 2.45) is 5.92 Å². The number of carbonyl (C=O) groups excluding carboxylic acids is 1. The van der Waals surface area contributed by atoms with Gasteiger partial charge in [0.05, 0.1) is 6.61 Å². The van der Waals surface area contributed by atoms with Crippen molar-refractivity contribution in [3.8, 4) is 0 Å². The SMILES string of the molecule is CCOC(=O)C(F)SCCC(C)C. The van der Waals surface area contributed by atoms with E-state index in [9.17, 15) is 9.18 Å². The van der Waals surface area contributed by atoms with E-state index < -0.39 is 11.5 Å². The quantitative estimate of drug-likeness (QED) is 0.628. The van der Waals surface area contributed by atoms with Crippen LogP contribution in [0.5, 0.6) is 0 Å². The van der Waals surface area contributed by atoms with Crippen LogP contribution in [0, 0.1) is 5.92 Å². The molecule has 0 amide bonds. The summed E-state index contributed by atoms with van der Waals surface area (Å²) in [6.07, 6.45) is 0.921. The van der Waals surface area contributed by atoms with Crippen LogP contribution in [0.1, 0.15) is 27.2 Å². The number of thioether (sulfide) groups is 1. The molecule has 2 nitrogen and oxygen atoms in total. The third kappa shape index (κ3) is 6.87. The van der Waals surface area contributed by atoms with Crippen molar-refractivity contribution < 1.29 is 13.9 Å². The van der Waals surface area contributed by atoms with Crippen molar-refractivity contribution in [1.82, 2.24) is 0 Å². The molecule has 0 aromatic heterocycles. The number of ether oxygens (including phenoxy) is 1. The number of esters is 1. The maximum absolute atomic E-state index is 12.9. The van der Waals surface area contributed by atoms with E-state index >= 15 is 0 Å². The minimum Gasteiger partial charge on any atom is -0.463 e. The summed E-state index contributed by atoms with van der Waals surface area (Å²) in [5.41, 5.74) is -1.52. The fraction of sp³-hybridized carbons (Fsp3) is 0.889. The van der Waals surface area contributed by atoms with Gasteiger partial charge in [-0.3, -0.25) is 0 Å². The molecule has 0 aliphatic carbocycles. The smallest absolute Gasteiger partial charge is 0.351 e. The molecule has 1 unspecified atom stereocenters. The van der Waals surface area contributed by atoms with Crippen molar-refractivity contribution in [3.05, 3.63) is 0 Å². The van der Waals surface area contributed by atoms with Gasteiger partial charge in [-0.05, 0) is 25.0 Å². The lowest BCUT2D eigenvalue weighted by Gasteiger charge is -2.07. The van der Waals surface area contributed by atoms with Crippen molar-refractivity contribution in [1.29, 1.82) is 0 Å². The number of halogens is 1. The lowest BCUT2D eigenvalue weighted by atomic mass is 10.2. The van der Waals surface area contributed by atoms with Gasteiger partial charge in [0.15, 0.2) is 0 Å². The highest BCUT2D eigenvalue weighted by Crippen LogP contribution is 2.17. The first kappa shape index (κ1) is 12.8. The van der Waals surface area contributed by atoms with E-state index in [1.165, 1.54) is 0 Å². The van der Waals surface area contributed by atoms with Gasteiger partial charge in [0.2, 0.25) is 5.50 Å². The Balaban J connectivity index is 3.49. The average Bonchev–Trinajstić information content (AvgIpc) is 2.04. The van der Waals surface area contributed by atoms with Crippen LogP contribution >= 0.6 is 11.8 Å². The molecule has 13 heavy (non-hydrogen) atoms. The van der Waals surface area contributed by atoms with Crippen molar-refractivity contribution in [3.63, 3.8) is 0 Å². The van der Waals surface area contributed by atoms with Crippen LogP contribution in [0.15, 0.2) is 0 Å². The molecule has 0 heterocycles. The molecule has 0 radical (unpaired) electrons. The monoisotopic (exact) mass is 208 g/mol. The summed E-state index contributed by atoms with van der Waals surface area (Å²) >= 11 is 1.01. The largest absolute Gasteiger partial charge is 0.463 e. The Bertz CT molecular complexity index is 151. The zero-order chi connectivity index (χ0) is 10.3. The second-order valence-corrected chi connectivity index (χ2v) is 4.28. The summed E-state index contributed by atoms with van der Waals surface area (Å²) in [5, 5.41) is 0. The number of carbonyl (C=O) groups is 1. The highest BCUT2D eigenvalue weighted by Gasteiger charge is 2.18. The van der Waals surface area contributed by atoms with Crippen LogP contribution in [0.2, 0.25) is 0 Å². The van der Waals surface area contributed by atoms with Crippen LogP contribution in [-0.2, 0) is 9.53 Å². The molecule has 0 fully saturated rings. The standard InChI is InChI=1S/C9H17FO2S/c1-4-12-9(11)8(10)13-6-5-7(2)3/h7-8H,4-6H2,1-3H3. The zero-order valence-electron chi connectivity index (χ0n) is 8.38. The minimum absolute atomic E-state index is 0.240. The van der Waals surface area contributed by atoms with E-state index in [4.69, 9.17) is 0 Å². The topological polar surface area (TPSA) is 26.3 Å². The molecule has 0 aromatic carbocycles. The maximum atomic E-state index is 12.9. The summed E-state index contributed by atoms with van der Waals surface area (Å²) in [6.45, 7) is 6.05. The van der Waals surface area contributed by atoms with E-state index in [0.29, 0.717) is 11.7 Å². The Morgan fingerprint density at radius 1 is 1.54 bits per heavy atom. The van der Waals surface area contributed by atoms with Gasteiger partial charge in [0.25, 0.3) is 0 Å². The van der Waals surface area contributed by atoms with Crippen LogP contribution in [-0.4, -0.2) is 23.8 Å². The fourth-order valence-electron chi connectivity index (χ4n) is 0.683. The maximum Gasteiger partial charge on any atom is 0.351 e. The van der Waals surface area contributed by atoms with Crippen LogP contribution in [0.25, 0.3) is 0 Å². The number of rotatable bonds is 6. The van der Waals surface area contributed by atoms with E-state index in [1.807, 2.05) is 0 Å². The summed E-state index contributed by atoms with van der Waals surface area (Å²) in [5.74, 6) is 0.454. The van der Waals surface area contributed by atoms with Gasteiger partial charge in [-0.2, -0.15) is 0 Å². The van der Waals surface area contributed by atoms with Gasteiger partial charge in [0, 0.05) is 0 Å². The summed E-state index contributed by atoms with van der Waals surface area (Å²) in [4.78, 5) is 10.8. The van der Waals surface area contributed by atoms with E-state index in [0.717, 1.165) is 18.2 Å². The normalized spacial score (nSPS) is 13.0. The Morgan fingerprint density at radius 3 is 2.62 bits per heavy atom. The van der Waals surface area contributed by atoms with Crippen molar-refractivity contribution in [2.75, 3.05) is 12.4 Å². The molecule has 0 bridgehead atoms. The molecular weight excluding hydrogens is 191 g/mol. The molecule has 4 heteroatoms. The van der Waals surface area contributed by atoms with Gasteiger partial charge in [-0.15, -0.1) is 11.8 Å². The lowest BCUT2D eigenvalue weighted by Crippen LogP contribution is -2.16. The van der Waals surface area contributed by atoms with Gasteiger partial charge in [-0.25, -0.2) is 9.18 Å². The molecule has 0 saturated heterocycles. The van der Waals surface area contributed by atoms with Crippen LogP contribution < -0.4 is 0 Å². The first-order valence-electron chi connectivity index (χ1n) is 4.50. The number of hydrogen-bond acceptors (Lipinski definition) is 3. The molecule has 0 rings (SSSR count). The zero-order valence-corrected chi connectivity index (χ0v) is 9.20. The molecule has 0 N–H and O–H groups in total. The van der Waals surface area contributed by atoms with Crippen LogP contribution in [0.4, 0.5) is 4.39 Å². The minimum atomic E-state index is -1.52. The molecule has 0 aliphatic heterocycles. The average molecular weight is 208 g/mol. The first-order valence-corrected chi connectivity index (χ1v) is 5.55. The van der Waals surface area contributed by atoms with Gasteiger partial charge >= 0.3 is 5.97 Å². The Labute approximate surface area is 83.2 Å². The molecule has 0 saturated carbocycles. The lowest BCUT2D eigenvalue weighted by molar-refractivity contribution is -0.145. The Morgan fingerprint density at radius 2 is 2.15 bits per heavy atom. The molecule has 0 spiro atoms. The summed E-state index contributed by atoms with van der Waals surface area (Å²) in [6, 6.07) is 0. The molecule has 1 atom stereocenters. The van der Waals surface area contributed by atoms with E-state index in [2.05, 4.69) is 18.6 Å². The number of alkyl halides is 1. The van der Waals surface area contributed by atoms with E-state index in [1.54, 1.807) is 6.92 Å². The van der Waals surface area contributed by atoms with E-state index in [-0.39, 0.29) is 6.61 Å². The Kier molecular flexibility index (Phi) is 7.04. The summed E-state index contributed by atoms with van der Waals surface area (Å²) in [7, 11) is 0. The third-order valence-electron chi connectivity index (χ3n) is 1.43. The van der Waals surface area contributed by atoms with Gasteiger partial charge < -0.3 is 4.74 Å². The Hall–Kier alpha value is -0.250. The highest BCUT2D eigenvalue weighted by atomic mass is 32.2. The predicted molar refractivity (Wildman–Crippen MR) is 53.4 cm³/mol. The third-order valence-corrected chi connectivity index (χ3v) is 2.39. The highest BCUT2D eigenvalue weighted by molar-refractivity contribution is 8.00. The molecular formula is C9H17FO2S. The molecule has 78 valence electrons. The van der Waals surface area contributed by atoms with Gasteiger partial charge in [0.1, 0.15) is 0 Å². The van der Waals surface area contributed by atoms with Crippen molar-refractivity contribution in [2.45, 2.75) is 32.7 Å². The number of hydrogen-bond donors (Lipinski definition) is 0. The second kappa shape index (κ2) is 7.18. The summed E-state index contributed by atoms with van der Waals surface area (Å²) < 4.78 is 17.4. The fourth-order valence-corrected chi connectivity index (χ4v) is 1.70. The van der Waals surface area contributed by atoms with Crippen LogP contribution in [0.3, 0.4) is 0 Å². The molecule has 0 aromatic rings. The first-order chi connectivity index (χ1) is 6.07. The van der Waals surface area contributed by atoms with Crippen molar-refractivity contribution >= 4 is 17.7 Å². The second-order valence-electron chi connectivity index (χ2n) is 3.12.